The van der Waals surface area contributed by atoms with Crippen molar-refractivity contribution >= 4 is 11.9 Å². The number of rotatable bonds is 3. The summed E-state index contributed by atoms with van der Waals surface area (Å²) >= 11 is 0. The van der Waals surface area contributed by atoms with E-state index in [1.165, 1.54) is 11.8 Å². The SMILES string of the molecule is COC(=O)c1nn(-c2ccc(OC)cc2)c2c1CCN(N)C2=O. The molecule has 0 spiro atoms. The maximum absolute atomic E-state index is 12.4. The molecule has 0 saturated heterocycles. The van der Waals surface area contributed by atoms with Crippen molar-refractivity contribution in [3.05, 3.63) is 41.2 Å². The van der Waals surface area contributed by atoms with Crippen molar-refractivity contribution in [1.29, 1.82) is 0 Å². The highest BCUT2D eigenvalue weighted by atomic mass is 16.5. The van der Waals surface area contributed by atoms with E-state index in [-0.39, 0.29) is 17.3 Å². The number of amides is 1. The Balaban J connectivity index is 2.17. The molecule has 1 aliphatic rings. The Labute approximate surface area is 132 Å². The smallest absolute Gasteiger partial charge is 0.358 e. The third-order valence-electron chi connectivity index (χ3n) is 3.75. The van der Waals surface area contributed by atoms with E-state index >= 15 is 0 Å². The molecule has 2 N–H and O–H groups in total. The van der Waals surface area contributed by atoms with Crippen LogP contribution < -0.4 is 10.6 Å². The molecule has 0 atom stereocenters. The predicted octanol–water partition coefficient (Wildman–Crippen LogP) is 0.539. The highest BCUT2D eigenvalue weighted by molar-refractivity contribution is 5.99. The fourth-order valence-corrected chi connectivity index (χ4v) is 2.55. The standard InChI is InChI=1S/C15H16N4O4/c1-22-10-5-3-9(4-6-10)19-13-11(7-8-18(16)14(13)20)12(17-19)15(21)23-2/h3-6H,7-8,16H2,1-2H3. The van der Waals surface area contributed by atoms with Crippen molar-refractivity contribution in [2.45, 2.75) is 6.42 Å². The van der Waals surface area contributed by atoms with Gasteiger partial charge in [0.05, 0.1) is 19.9 Å². The largest absolute Gasteiger partial charge is 0.497 e. The van der Waals surface area contributed by atoms with Gasteiger partial charge in [-0.3, -0.25) is 9.80 Å². The van der Waals surface area contributed by atoms with E-state index in [9.17, 15) is 9.59 Å². The molecule has 8 heteroatoms. The molecule has 0 saturated carbocycles. The highest BCUT2D eigenvalue weighted by Crippen LogP contribution is 2.25. The van der Waals surface area contributed by atoms with E-state index < -0.39 is 5.97 Å². The molecular weight excluding hydrogens is 300 g/mol. The number of ether oxygens (including phenoxy) is 2. The second-order valence-corrected chi connectivity index (χ2v) is 5.03. The second-order valence-electron chi connectivity index (χ2n) is 5.03. The lowest BCUT2D eigenvalue weighted by Crippen LogP contribution is -2.43. The number of hydrogen-bond donors (Lipinski definition) is 1. The summed E-state index contributed by atoms with van der Waals surface area (Å²) < 4.78 is 11.3. The number of hydrogen-bond acceptors (Lipinski definition) is 6. The van der Waals surface area contributed by atoms with Crippen molar-refractivity contribution in [1.82, 2.24) is 14.8 Å². The van der Waals surface area contributed by atoms with Crippen molar-refractivity contribution in [2.75, 3.05) is 20.8 Å². The molecule has 1 aromatic heterocycles. The Morgan fingerprint density at radius 3 is 2.57 bits per heavy atom. The van der Waals surface area contributed by atoms with Crippen molar-refractivity contribution < 1.29 is 19.1 Å². The number of carbonyl (C=O) groups is 2. The topological polar surface area (TPSA) is 99.7 Å². The molecule has 2 heterocycles. The van der Waals surface area contributed by atoms with Crippen LogP contribution in [0, 0.1) is 0 Å². The molecular formula is C15H16N4O4. The number of carbonyl (C=O) groups excluding carboxylic acids is 2. The normalized spacial score (nSPS) is 13.7. The van der Waals surface area contributed by atoms with Gasteiger partial charge in [0.2, 0.25) is 0 Å². The lowest BCUT2D eigenvalue weighted by molar-refractivity contribution is 0.0592. The summed E-state index contributed by atoms with van der Waals surface area (Å²) in [4.78, 5) is 24.4. The third-order valence-corrected chi connectivity index (χ3v) is 3.75. The van der Waals surface area contributed by atoms with Crippen molar-refractivity contribution in [2.24, 2.45) is 5.84 Å². The van der Waals surface area contributed by atoms with Crippen LogP contribution in [0.3, 0.4) is 0 Å². The summed E-state index contributed by atoms with van der Waals surface area (Å²) in [6.45, 7) is 0.324. The van der Waals surface area contributed by atoms with Gasteiger partial charge in [0.25, 0.3) is 5.91 Å². The molecule has 23 heavy (non-hydrogen) atoms. The van der Waals surface area contributed by atoms with Crippen molar-refractivity contribution in [3.63, 3.8) is 0 Å². The number of esters is 1. The predicted molar refractivity (Wildman–Crippen MR) is 80.4 cm³/mol. The van der Waals surface area contributed by atoms with Crippen LogP contribution in [-0.4, -0.2) is 47.4 Å². The summed E-state index contributed by atoms with van der Waals surface area (Å²) in [6, 6.07) is 6.98. The molecule has 0 fully saturated rings. The number of nitrogens with two attached hydrogens (primary N) is 1. The van der Waals surface area contributed by atoms with E-state index in [1.54, 1.807) is 31.4 Å². The molecule has 1 aromatic carbocycles. The maximum Gasteiger partial charge on any atom is 0.358 e. The average molecular weight is 316 g/mol. The minimum absolute atomic E-state index is 0.139. The molecule has 0 bridgehead atoms. The fraction of sp³-hybridized carbons (Fsp3) is 0.267. The zero-order valence-corrected chi connectivity index (χ0v) is 12.8. The van der Waals surface area contributed by atoms with Gasteiger partial charge in [-0.2, -0.15) is 5.10 Å². The Bertz CT molecular complexity index is 767. The summed E-state index contributed by atoms with van der Waals surface area (Å²) in [7, 11) is 2.84. The Morgan fingerprint density at radius 1 is 1.26 bits per heavy atom. The minimum Gasteiger partial charge on any atom is -0.497 e. The van der Waals surface area contributed by atoms with Gasteiger partial charge in [0, 0.05) is 12.1 Å². The molecule has 2 aromatic rings. The molecule has 8 nitrogen and oxygen atoms in total. The minimum atomic E-state index is -0.577. The number of fused-ring (bicyclic) bond motifs is 1. The van der Waals surface area contributed by atoms with Crippen LogP contribution in [0.1, 0.15) is 26.5 Å². The number of nitrogens with zero attached hydrogens (tertiary/aromatic N) is 3. The molecule has 0 unspecified atom stereocenters. The van der Waals surface area contributed by atoms with Crippen LogP contribution in [0.5, 0.6) is 5.75 Å². The van der Waals surface area contributed by atoms with E-state index in [0.29, 0.717) is 30.0 Å². The van der Waals surface area contributed by atoms with Gasteiger partial charge in [-0.05, 0) is 30.7 Å². The molecule has 3 rings (SSSR count). The quantitative estimate of drug-likeness (QED) is 0.504. The van der Waals surface area contributed by atoms with Crippen LogP contribution >= 0.6 is 0 Å². The first-order valence-corrected chi connectivity index (χ1v) is 6.98. The van der Waals surface area contributed by atoms with E-state index in [4.69, 9.17) is 15.3 Å². The molecule has 0 radical (unpaired) electrons. The number of methoxy groups -OCH3 is 2. The van der Waals surface area contributed by atoms with Gasteiger partial charge in [-0.1, -0.05) is 0 Å². The van der Waals surface area contributed by atoms with Crippen LogP contribution in [-0.2, 0) is 11.2 Å². The van der Waals surface area contributed by atoms with Crippen LogP contribution in [0.2, 0.25) is 0 Å². The van der Waals surface area contributed by atoms with Gasteiger partial charge < -0.3 is 9.47 Å². The molecule has 120 valence electrons. The number of hydrazine groups is 1. The maximum atomic E-state index is 12.4. The van der Waals surface area contributed by atoms with E-state index in [1.807, 2.05) is 0 Å². The molecule has 0 aliphatic carbocycles. The van der Waals surface area contributed by atoms with Gasteiger partial charge in [-0.25, -0.2) is 15.3 Å². The first-order valence-electron chi connectivity index (χ1n) is 6.98. The third kappa shape index (κ3) is 2.42. The Kier molecular flexibility index (Phi) is 3.75. The lowest BCUT2D eigenvalue weighted by Gasteiger charge is -2.22. The molecule has 1 amide bonds. The second kappa shape index (κ2) is 5.73. The van der Waals surface area contributed by atoms with Gasteiger partial charge >= 0.3 is 5.97 Å². The van der Waals surface area contributed by atoms with Gasteiger partial charge in [-0.15, -0.1) is 0 Å². The zero-order valence-electron chi connectivity index (χ0n) is 12.8. The van der Waals surface area contributed by atoms with E-state index in [0.717, 1.165) is 5.01 Å². The monoisotopic (exact) mass is 316 g/mol. The first-order chi connectivity index (χ1) is 11.1. The highest BCUT2D eigenvalue weighted by Gasteiger charge is 2.33. The summed E-state index contributed by atoms with van der Waals surface area (Å²) in [5.74, 6) is 5.42. The summed E-state index contributed by atoms with van der Waals surface area (Å²) in [6.07, 6.45) is 0.443. The fourth-order valence-electron chi connectivity index (χ4n) is 2.55. The summed E-state index contributed by atoms with van der Waals surface area (Å²) in [5.41, 5.74) is 1.60. The molecule has 1 aliphatic heterocycles. The Morgan fingerprint density at radius 2 is 1.96 bits per heavy atom. The summed E-state index contributed by atoms with van der Waals surface area (Å²) in [5, 5.41) is 5.39. The van der Waals surface area contributed by atoms with Crippen LogP contribution in [0.25, 0.3) is 5.69 Å². The van der Waals surface area contributed by atoms with E-state index in [2.05, 4.69) is 5.10 Å². The Hall–Kier alpha value is -2.87. The van der Waals surface area contributed by atoms with Crippen molar-refractivity contribution in [3.8, 4) is 11.4 Å². The van der Waals surface area contributed by atoms with Gasteiger partial charge in [0.15, 0.2) is 5.69 Å². The average Bonchev–Trinajstić information content (AvgIpc) is 2.97. The zero-order chi connectivity index (χ0) is 16.6. The lowest BCUT2D eigenvalue weighted by atomic mass is 10.0. The van der Waals surface area contributed by atoms with Crippen LogP contribution in [0.4, 0.5) is 0 Å². The number of aromatic nitrogens is 2. The van der Waals surface area contributed by atoms with Gasteiger partial charge in [0.1, 0.15) is 11.4 Å². The first kappa shape index (κ1) is 15.0. The number of benzene rings is 1. The van der Waals surface area contributed by atoms with Crippen LogP contribution in [0.15, 0.2) is 24.3 Å².